The zero-order valence-corrected chi connectivity index (χ0v) is 11.5. The molecule has 0 spiro atoms. The quantitative estimate of drug-likeness (QED) is 0.824. The maximum absolute atomic E-state index is 12.2. The van der Waals surface area contributed by atoms with Gasteiger partial charge in [0, 0.05) is 32.7 Å². The number of carbonyl (C=O) groups excluding carboxylic acids is 1. The molecule has 0 radical (unpaired) electrons. The summed E-state index contributed by atoms with van der Waals surface area (Å²) in [6.07, 6.45) is 6.24. The molecule has 0 aromatic rings. The van der Waals surface area contributed by atoms with Gasteiger partial charge < -0.3 is 15.0 Å². The highest BCUT2D eigenvalue weighted by Gasteiger charge is 2.23. The van der Waals surface area contributed by atoms with Crippen LogP contribution in [0.4, 0.5) is 0 Å². The first-order valence-corrected chi connectivity index (χ1v) is 7.31. The summed E-state index contributed by atoms with van der Waals surface area (Å²) < 4.78 is 5.34. The third-order valence-electron chi connectivity index (χ3n) is 4.36. The SMILES string of the molecule is CN(C(=O)CCC1CCNCC1)C1CCOCC1. The Bertz CT molecular complexity index is 259. The number of nitrogens with one attached hydrogen (secondary N) is 1. The van der Waals surface area contributed by atoms with Crippen molar-refractivity contribution >= 4 is 5.91 Å². The number of hydrogen-bond acceptors (Lipinski definition) is 3. The lowest BCUT2D eigenvalue weighted by atomic mass is 9.93. The fourth-order valence-electron chi connectivity index (χ4n) is 2.95. The fourth-order valence-corrected chi connectivity index (χ4v) is 2.95. The van der Waals surface area contributed by atoms with Crippen LogP contribution < -0.4 is 5.32 Å². The topological polar surface area (TPSA) is 41.6 Å². The summed E-state index contributed by atoms with van der Waals surface area (Å²) in [5.41, 5.74) is 0. The van der Waals surface area contributed by atoms with E-state index in [4.69, 9.17) is 4.74 Å². The largest absolute Gasteiger partial charge is 0.381 e. The number of ether oxygens (including phenoxy) is 1. The predicted octanol–water partition coefficient (Wildman–Crippen LogP) is 1.40. The average Bonchev–Trinajstić information content (AvgIpc) is 2.46. The van der Waals surface area contributed by atoms with Crippen LogP contribution in [0, 0.1) is 5.92 Å². The highest BCUT2D eigenvalue weighted by Crippen LogP contribution is 2.20. The number of hydrogen-bond donors (Lipinski definition) is 1. The molecule has 2 fully saturated rings. The summed E-state index contributed by atoms with van der Waals surface area (Å²) in [5, 5.41) is 3.37. The summed E-state index contributed by atoms with van der Waals surface area (Å²) >= 11 is 0. The van der Waals surface area contributed by atoms with E-state index in [1.54, 1.807) is 0 Å². The van der Waals surface area contributed by atoms with Gasteiger partial charge in [-0.05, 0) is 51.1 Å². The number of carbonyl (C=O) groups is 1. The van der Waals surface area contributed by atoms with Gasteiger partial charge in [0.1, 0.15) is 0 Å². The molecule has 0 bridgehead atoms. The van der Waals surface area contributed by atoms with Gasteiger partial charge in [0.2, 0.25) is 5.91 Å². The van der Waals surface area contributed by atoms with Crippen molar-refractivity contribution < 1.29 is 9.53 Å². The van der Waals surface area contributed by atoms with Gasteiger partial charge in [-0.3, -0.25) is 4.79 Å². The minimum absolute atomic E-state index is 0.320. The van der Waals surface area contributed by atoms with Gasteiger partial charge in [0.15, 0.2) is 0 Å². The summed E-state index contributed by atoms with van der Waals surface area (Å²) in [4.78, 5) is 14.1. The second-order valence-electron chi connectivity index (χ2n) is 5.58. The fraction of sp³-hybridized carbons (Fsp3) is 0.929. The molecule has 18 heavy (non-hydrogen) atoms. The van der Waals surface area contributed by atoms with E-state index in [1.807, 2.05) is 11.9 Å². The van der Waals surface area contributed by atoms with Crippen molar-refractivity contribution in [3.05, 3.63) is 0 Å². The van der Waals surface area contributed by atoms with Crippen molar-refractivity contribution in [3.63, 3.8) is 0 Å². The van der Waals surface area contributed by atoms with E-state index in [2.05, 4.69) is 5.32 Å². The van der Waals surface area contributed by atoms with Gasteiger partial charge in [-0.1, -0.05) is 0 Å². The van der Waals surface area contributed by atoms with E-state index in [0.29, 0.717) is 11.9 Å². The van der Waals surface area contributed by atoms with Gasteiger partial charge in [0.25, 0.3) is 0 Å². The van der Waals surface area contributed by atoms with Crippen LogP contribution in [0.2, 0.25) is 0 Å². The molecule has 0 aliphatic carbocycles. The molecule has 2 heterocycles. The van der Waals surface area contributed by atoms with Crippen LogP contribution in [0.1, 0.15) is 38.5 Å². The minimum Gasteiger partial charge on any atom is -0.381 e. The molecule has 1 amide bonds. The molecule has 2 aliphatic rings. The van der Waals surface area contributed by atoms with E-state index >= 15 is 0 Å². The van der Waals surface area contributed by atoms with E-state index in [0.717, 1.165) is 57.9 Å². The summed E-state index contributed by atoms with van der Waals surface area (Å²) in [7, 11) is 1.96. The first-order chi connectivity index (χ1) is 8.77. The smallest absolute Gasteiger partial charge is 0.222 e. The van der Waals surface area contributed by atoms with E-state index < -0.39 is 0 Å². The second-order valence-corrected chi connectivity index (χ2v) is 5.58. The van der Waals surface area contributed by atoms with Gasteiger partial charge in [-0.2, -0.15) is 0 Å². The van der Waals surface area contributed by atoms with Gasteiger partial charge in [0.05, 0.1) is 0 Å². The molecule has 2 rings (SSSR count). The molecule has 0 saturated carbocycles. The standard InChI is InChI=1S/C14H26N2O2/c1-16(13-6-10-18-11-7-13)14(17)3-2-12-4-8-15-9-5-12/h12-13,15H,2-11H2,1H3. The Morgan fingerprint density at radius 1 is 1.22 bits per heavy atom. The third-order valence-corrected chi connectivity index (χ3v) is 4.36. The van der Waals surface area contributed by atoms with Crippen molar-refractivity contribution in [2.75, 3.05) is 33.4 Å². The highest BCUT2D eigenvalue weighted by atomic mass is 16.5. The van der Waals surface area contributed by atoms with Crippen LogP contribution in [0.15, 0.2) is 0 Å². The average molecular weight is 254 g/mol. The highest BCUT2D eigenvalue weighted by molar-refractivity contribution is 5.76. The molecule has 0 unspecified atom stereocenters. The van der Waals surface area contributed by atoms with Gasteiger partial charge in [-0.25, -0.2) is 0 Å². The Hall–Kier alpha value is -0.610. The first-order valence-electron chi connectivity index (χ1n) is 7.31. The Kier molecular flexibility index (Phi) is 5.45. The second kappa shape index (κ2) is 7.10. The lowest BCUT2D eigenvalue weighted by Crippen LogP contribution is -2.40. The van der Waals surface area contributed by atoms with Crippen LogP contribution in [0.3, 0.4) is 0 Å². The molecular weight excluding hydrogens is 228 g/mol. The molecule has 4 heteroatoms. The van der Waals surface area contributed by atoms with Gasteiger partial charge in [-0.15, -0.1) is 0 Å². The van der Waals surface area contributed by atoms with Crippen LogP contribution >= 0.6 is 0 Å². The molecule has 1 N–H and O–H groups in total. The van der Waals surface area contributed by atoms with E-state index in [9.17, 15) is 4.79 Å². The molecule has 0 aromatic carbocycles. The maximum Gasteiger partial charge on any atom is 0.222 e. The Labute approximate surface area is 110 Å². The molecule has 104 valence electrons. The molecule has 2 aliphatic heterocycles. The first kappa shape index (κ1) is 13.8. The molecule has 2 saturated heterocycles. The van der Waals surface area contributed by atoms with Crippen LogP contribution in [-0.2, 0) is 9.53 Å². The summed E-state index contributed by atoms with van der Waals surface area (Å²) in [6.45, 7) is 3.84. The van der Waals surface area contributed by atoms with E-state index in [-0.39, 0.29) is 0 Å². The Morgan fingerprint density at radius 2 is 1.89 bits per heavy atom. The van der Waals surface area contributed by atoms with Crippen molar-refractivity contribution in [1.29, 1.82) is 0 Å². The maximum atomic E-state index is 12.2. The zero-order chi connectivity index (χ0) is 12.8. The number of amides is 1. The Balaban J connectivity index is 1.69. The molecule has 0 aromatic heterocycles. The third kappa shape index (κ3) is 3.95. The van der Waals surface area contributed by atoms with Crippen LogP contribution in [0.25, 0.3) is 0 Å². The normalized spacial score (nSPS) is 22.9. The molecule has 4 nitrogen and oxygen atoms in total. The Morgan fingerprint density at radius 3 is 2.56 bits per heavy atom. The van der Waals surface area contributed by atoms with Crippen LogP contribution in [-0.4, -0.2) is 50.2 Å². The van der Waals surface area contributed by atoms with Crippen LogP contribution in [0.5, 0.6) is 0 Å². The lowest BCUT2D eigenvalue weighted by molar-refractivity contribution is -0.134. The van der Waals surface area contributed by atoms with Crippen molar-refractivity contribution in [2.24, 2.45) is 5.92 Å². The van der Waals surface area contributed by atoms with Gasteiger partial charge >= 0.3 is 0 Å². The van der Waals surface area contributed by atoms with Crippen molar-refractivity contribution in [3.8, 4) is 0 Å². The molecular formula is C14H26N2O2. The number of rotatable bonds is 4. The number of piperidine rings is 1. The number of nitrogens with zero attached hydrogens (tertiary/aromatic N) is 1. The minimum atomic E-state index is 0.320. The van der Waals surface area contributed by atoms with E-state index in [1.165, 1.54) is 12.8 Å². The zero-order valence-electron chi connectivity index (χ0n) is 11.5. The summed E-state index contributed by atoms with van der Waals surface area (Å²) in [6, 6.07) is 0.402. The molecule has 0 atom stereocenters. The van der Waals surface area contributed by atoms with Crippen molar-refractivity contribution in [2.45, 2.75) is 44.6 Å². The van der Waals surface area contributed by atoms with Crippen molar-refractivity contribution in [1.82, 2.24) is 10.2 Å². The predicted molar refractivity (Wildman–Crippen MR) is 71.4 cm³/mol. The monoisotopic (exact) mass is 254 g/mol. The lowest BCUT2D eigenvalue weighted by Gasteiger charge is -2.32. The summed E-state index contributed by atoms with van der Waals surface area (Å²) in [5.74, 6) is 1.07.